The third-order valence-corrected chi connectivity index (χ3v) is 2.03. The van der Waals surface area contributed by atoms with Crippen molar-refractivity contribution in [3.63, 3.8) is 0 Å². The predicted octanol–water partition coefficient (Wildman–Crippen LogP) is 1.04. The average molecular weight is 210 g/mol. The fraction of sp³-hybridized carbons (Fsp3) is 0.500. The van der Waals surface area contributed by atoms with E-state index < -0.39 is 0 Å². The molecule has 0 aliphatic rings. The fourth-order valence-electron chi connectivity index (χ4n) is 1.21. The molecule has 5 heteroatoms. The molecule has 0 aromatic carbocycles. The van der Waals surface area contributed by atoms with Gasteiger partial charge in [-0.1, -0.05) is 0 Å². The molecule has 0 aliphatic heterocycles. The van der Waals surface area contributed by atoms with E-state index in [1.807, 2.05) is 0 Å². The van der Waals surface area contributed by atoms with Crippen molar-refractivity contribution < 1.29 is 14.3 Å². The van der Waals surface area contributed by atoms with E-state index in [1.54, 1.807) is 16.9 Å². The molecule has 15 heavy (non-hydrogen) atoms. The number of hydrogen-bond donors (Lipinski definition) is 0. The highest BCUT2D eigenvalue weighted by molar-refractivity contribution is 5.71. The van der Waals surface area contributed by atoms with Crippen LogP contribution in [0.2, 0.25) is 0 Å². The molecule has 0 N–H and O–H groups in total. The number of rotatable bonds is 6. The van der Waals surface area contributed by atoms with Crippen LogP contribution < -0.4 is 0 Å². The highest BCUT2D eigenvalue weighted by Crippen LogP contribution is 2.00. The Morgan fingerprint density at radius 3 is 3.00 bits per heavy atom. The van der Waals surface area contributed by atoms with Crippen LogP contribution in [0, 0.1) is 0 Å². The molecule has 0 unspecified atom stereocenters. The monoisotopic (exact) mass is 210 g/mol. The second-order valence-electron chi connectivity index (χ2n) is 3.15. The largest absolute Gasteiger partial charge is 0.469 e. The summed E-state index contributed by atoms with van der Waals surface area (Å²) in [5.41, 5.74) is 0.433. The van der Waals surface area contributed by atoms with Gasteiger partial charge in [-0.05, 0) is 18.9 Å². The molecule has 82 valence electrons. The number of carbonyl (C=O) groups excluding carboxylic acids is 2. The normalized spacial score (nSPS) is 9.93. The smallest absolute Gasteiger partial charge is 0.305 e. The van der Waals surface area contributed by atoms with Gasteiger partial charge in [0.15, 0.2) is 6.29 Å². The highest BCUT2D eigenvalue weighted by atomic mass is 16.5. The van der Waals surface area contributed by atoms with Crippen LogP contribution in [0.5, 0.6) is 0 Å². The molecular weight excluding hydrogens is 196 g/mol. The zero-order valence-electron chi connectivity index (χ0n) is 8.68. The van der Waals surface area contributed by atoms with Gasteiger partial charge in [-0.25, -0.2) is 0 Å². The number of aldehydes is 1. The van der Waals surface area contributed by atoms with Gasteiger partial charge in [-0.2, -0.15) is 5.10 Å². The molecule has 5 nitrogen and oxygen atoms in total. The van der Waals surface area contributed by atoms with Gasteiger partial charge in [-0.15, -0.1) is 0 Å². The quantitative estimate of drug-likeness (QED) is 0.400. The lowest BCUT2D eigenvalue weighted by atomic mass is 10.2. The molecule has 0 radical (unpaired) electrons. The summed E-state index contributed by atoms with van der Waals surface area (Å²) in [6, 6.07) is 1.66. The number of ether oxygens (including phenoxy) is 1. The van der Waals surface area contributed by atoms with E-state index in [4.69, 9.17) is 0 Å². The van der Waals surface area contributed by atoms with Crippen molar-refractivity contribution in [2.45, 2.75) is 25.8 Å². The van der Waals surface area contributed by atoms with Crippen molar-refractivity contribution in [3.8, 4) is 0 Å². The summed E-state index contributed by atoms with van der Waals surface area (Å²) < 4.78 is 6.21. The van der Waals surface area contributed by atoms with Crippen LogP contribution in [-0.4, -0.2) is 29.1 Å². The summed E-state index contributed by atoms with van der Waals surface area (Å²) in [6.07, 6.45) is 4.50. The standard InChI is InChI=1S/C10H14N2O3/c1-15-10(14)4-2-3-6-12-7-5-9(8-13)11-12/h5,7-8H,2-4,6H2,1H3. The highest BCUT2D eigenvalue weighted by Gasteiger charge is 2.00. The van der Waals surface area contributed by atoms with Crippen LogP contribution in [0.3, 0.4) is 0 Å². The van der Waals surface area contributed by atoms with E-state index in [9.17, 15) is 9.59 Å². The molecule has 0 atom stereocenters. The number of aromatic nitrogens is 2. The second kappa shape index (κ2) is 5.95. The number of esters is 1. The van der Waals surface area contributed by atoms with Crippen LogP contribution in [0.25, 0.3) is 0 Å². The molecule has 0 saturated heterocycles. The summed E-state index contributed by atoms with van der Waals surface area (Å²) in [4.78, 5) is 21.1. The minimum atomic E-state index is -0.191. The minimum Gasteiger partial charge on any atom is -0.469 e. The van der Waals surface area contributed by atoms with Crippen molar-refractivity contribution in [1.29, 1.82) is 0 Å². The van der Waals surface area contributed by atoms with E-state index in [0.29, 0.717) is 24.9 Å². The fourth-order valence-corrected chi connectivity index (χ4v) is 1.21. The van der Waals surface area contributed by atoms with Gasteiger partial charge >= 0.3 is 5.97 Å². The first-order valence-electron chi connectivity index (χ1n) is 4.81. The predicted molar refractivity (Wildman–Crippen MR) is 53.5 cm³/mol. The first-order valence-corrected chi connectivity index (χ1v) is 4.81. The van der Waals surface area contributed by atoms with Crippen molar-refractivity contribution in [1.82, 2.24) is 9.78 Å². The second-order valence-corrected chi connectivity index (χ2v) is 3.15. The molecule has 1 rings (SSSR count). The Morgan fingerprint density at radius 2 is 2.40 bits per heavy atom. The number of aryl methyl sites for hydroxylation is 1. The molecule has 1 aromatic heterocycles. The molecule has 1 heterocycles. The zero-order valence-corrected chi connectivity index (χ0v) is 8.68. The Kier molecular flexibility index (Phi) is 4.53. The Balaban J connectivity index is 2.20. The third-order valence-electron chi connectivity index (χ3n) is 2.03. The molecule has 0 bridgehead atoms. The van der Waals surface area contributed by atoms with Gasteiger partial charge in [0.1, 0.15) is 5.69 Å². The summed E-state index contributed by atoms with van der Waals surface area (Å²) >= 11 is 0. The van der Waals surface area contributed by atoms with Gasteiger partial charge < -0.3 is 4.74 Å². The number of nitrogens with zero attached hydrogens (tertiary/aromatic N) is 2. The molecule has 0 spiro atoms. The van der Waals surface area contributed by atoms with E-state index >= 15 is 0 Å². The minimum absolute atomic E-state index is 0.191. The maximum atomic E-state index is 10.8. The Hall–Kier alpha value is -1.65. The summed E-state index contributed by atoms with van der Waals surface area (Å²) in [5, 5.41) is 4.00. The molecule has 0 amide bonds. The zero-order chi connectivity index (χ0) is 11.1. The van der Waals surface area contributed by atoms with Crippen LogP contribution in [0.15, 0.2) is 12.3 Å². The van der Waals surface area contributed by atoms with E-state index in [2.05, 4.69) is 9.84 Å². The van der Waals surface area contributed by atoms with E-state index in [1.165, 1.54) is 7.11 Å². The number of carbonyl (C=O) groups is 2. The maximum absolute atomic E-state index is 10.8. The molecular formula is C10H14N2O3. The van der Waals surface area contributed by atoms with Gasteiger partial charge in [0.25, 0.3) is 0 Å². The average Bonchev–Trinajstić information content (AvgIpc) is 2.72. The van der Waals surface area contributed by atoms with Crippen LogP contribution in [0.4, 0.5) is 0 Å². The molecule has 0 aliphatic carbocycles. The Bertz CT molecular complexity index is 333. The first kappa shape index (κ1) is 11.4. The molecule has 0 saturated carbocycles. The van der Waals surface area contributed by atoms with Crippen LogP contribution in [0.1, 0.15) is 29.8 Å². The number of methoxy groups -OCH3 is 1. The summed E-state index contributed by atoms with van der Waals surface area (Å²) in [7, 11) is 1.38. The summed E-state index contributed by atoms with van der Waals surface area (Å²) in [5.74, 6) is -0.191. The van der Waals surface area contributed by atoms with E-state index in [-0.39, 0.29) is 5.97 Å². The van der Waals surface area contributed by atoms with E-state index in [0.717, 1.165) is 12.8 Å². The first-order chi connectivity index (χ1) is 7.26. The maximum Gasteiger partial charge on any atom is 0.305 e. The topological polar surface area (TPSA) is 61.2 Å². The van der Waals surface area contributed by atoms with Crippen molar-refractivity contribution in [3.05, 3.63) is 18.0 Å². The lowest BCUT2D eigenvalue weighted by Crippen LogP contribution is -2.03. The molecule has 1 aromatic rings. The number of hydrogen-bond acceptors (Lipinski definition) is 4. The third kappa shape index (κ3) is 3.93. The number of unbranched alkanes of at least 4 members (excludes halogenated alkanes) is 1. The van der Waals surface area contributed by atoms with Gasteiger partial charge in [0.2, 0.25) is 0 Å². The Morgan fingerprint density at radius 1 is 1.60 bits per heavy atom. The van der Waals surface area contributed by atoms with Crippen LogP contribution in [-0.2, 0) is 16.1 Å². The van der Waals surface area contributed by atoms with Crippen molar-refractivity contribution in [2.75, 3.05) is 7.11 Å². The van der Waals surface area contributed by atoms with Gasteiger partial charge in [0, 0.05) is 19.2 Å². The molecule has 0 fully saturated rings. The SMILES string of the molecule is COC(=O)CCCCn1ccc(C=O)n1. The lowest BCUT2D eigenvalue weighted by Gasteiger charge is -2.00. The van der Waals surface area contributed by atoms with Crippen molar-refractivity contribution in [2.24, 2.45) is 0 Å². The summed E-state index contributed by atoms with van der Waals surface area (Å²) in [6.45, 7) is 0.713. The van der Waals surface area contributed by atoms with Crippen molar-refractivity contribution >= 4 is 12.3 Å². The van der Waals surface area contributed by atoms with Gasteiger partial charge in [-0.3, -0.25) is 14.3 Å². The van der Waals surface area contributed by atoms with Gasteiger partial charge in [0.05, 0.1) is 7.11 Å². The Labute approximate surface area is 88.0 Å². The lowest BCUT2D eigenvalue weighted by molar-refractivity contribution is -0.140. The van der Waals surface area contributed by atoms with Crippen LogP contribution >= 0.6 is 0 Å².